The van der Waals surface area contributed by atoms with E-state index in [4.69, 9.17) is 4.74 Å². The molecule has 0 saturated carbocycles. The third-order valence-corrected chi connectivity index (χ3v) is 11.3. The molecule has 0 aliphatic rings. The van der Waals surface area contributed by atoms with E-state index in [2.05, 4.69) is 62.5 Å². The van der Waals surface area contributed by atoms with E-state index >= 15 is 0 Å². The molecule has 0 aliphatic carbocycles. The van der Waals surface area contributed by atoms with Crippen LogP contribution in [0.25, 0.3) is 0 Å². The van der Waals surface area contributed by atoms with Crippen molar-refractivity contribution in [1.29, 1.82) is 0 Å². The maximum absolute atomic E-state index is 13.2. The van der Waals surface area contributed by atoms with Crippen LogP contribution < -0.4 is 5.32 Å². The molecule has 0 heterocycles. The van der Waals surface area contributed by atoms with Gasteiger partial charge in [0.15, 0.2) is 0 Å². The molecular weight excluding hydrogens is 767 g/mol. The van der Waals surface area contributed by atoms with E-state index in [9.17, 15) is 19.8 Å². The van der Waals surface area contributed by atoms with Crippen LogP contribution in [0, 0.1) is 0 Å². The van der Waals surface area contributed by atoms with Gasteiger partial charge in [0.1, 0.15) is 6.10 Å². The SMILES string of the molecule is CC/C=C/C=C/C=C\C=C/C=C/CCCC(CC(=O)NC(CO)C(O)CCCCCCCCCCCCC)OC(=O)CCCCCCCCCCC/C=C\C/C=C\CCCCC. The second-order valence-corrected chi connectivity index (χ2v) is 17.3. The van der Waals surface area contributed by atoms with Gasteiger partial charge in [-0.25, -0.2) is 0 Å². The highest BCUT2D eigenvalue weighted by molar-refractivity contribution is 5.77. The molecule has 0 aliphatic heterocycles. The highest BCUT2D eigenvalue weighted by Gasteiger charge is 2.24. The van der Waals surface area contributed by atoms with Gasteiger partial charge in [0, 0.05) is 6.42 Å². The third kappa shape index (κ3) is 43.7. The number of allylic oxidation sites excluding steroid dienone is 14. The van der Waals surface area contributed by atoms with Crippen LogP contribution in [0.15, 0.2) is 85.1 Å². The Morgan fingerprint density at radius 2 is 0.952 bits per heavy atom. The quantitative estimate of drug-likeness (QED) is 0.0245. The summed E-state index contributed by atoms with van der Waals surface area (Å²) in [6.07, 6.45) is 63.6. The van der Waals surface area contributed by atoms with Gasteiger partial charge in [-0.2, -0.15) is 0 Å². The maximum Gasteiger partial charge on any atom is 0.306 e. The molecule has 356 valence electrons. The Kier molecular flexibility index (Phi) is 46.7. The van der Waals surface area contributed by atoms with Crippen molar-refractivity contribution in [2.24, 2.45) is 0 Å². The molecule has 3 N–H and O–H groups in total. The van der Waals surface area contributed by atoms with E-state index in [0.29, 0.717) is 19.3 Å². The molecular formula is C56H97NO5. The first-order chi connectivity index (χ1) is 30.5. The predicted octanol–water partition coefficient (Wildman–Crippen LogP) is 15.6. The minimum atomic E-state index is -0.810. The Morgan fingerprint density at radius 1 is 0.500 bits per heavy atom. The normalized spacial score (nSPS) is 14.0. The number of carbonyl (C=O) groups excluding carboxylic acids is 2. The van der Waals surface area contributed by atoms with Crippen LogP contribution in [0.4, 0.5) is 0 Å². The number of aliphatic hydroxyl groups excluding tert-OH is 2. The summed E-state index contributed by atoms with van der Waals surface area (Å²) in [6, 6.07) is -0.728. The van der Waals surface area contributed by atoms with Crippen LogP contribution in [-0.4, -0.2) is 46.9 Å². The molecule has 6 heteroatoms. The average molecular weight is 864 g/mol. The summed E-state index contributed by atoms with van der Waals surface area (Å²) in [5.74, 6) is -0.554. The largest absolute Gasteiger partial charge is 0.462 e. The second kappa shape index (κ2) is 49.1. The molecule has 0 aromatic heterocycles. The van der Waals surface area contributed by atoms with Gasteiger partial charge in [-0.15, -0.1) is 0 Å². The molecule has 0 aromatic carbocycles. The molecule has 3 unspecified atom stereocenters. The second-order valence-electron chi connectivity index (χ2n) is 17.3. The van der Waals surface area contributed by atoms with Gasteiger partial charge in [0.25, 0.3) is 0 Å². The number of ether oxygens (including phenoxy) is 1. The lowest BCUT2D eigenvalue weighted by Gasteiger charge is -2.24. The number of unbranched alkanes of at least 4 members (excludes halogenated alkanes) is 23. The molecule has 6 nitrogen and oxygen atoms in total. The molecule has 0 bridgehead atoms. The number of rotatable bonds is 45. The van der Waals surface area contributed by atoms with Crippen molar-refractivity contribution in [3.8, 4) is 0 Å². The topological polar surface area (TPSA) is 95.9 Å². The van der Waals surface area contributed by atoms with Crippen LogP contribution in [-0.2, 0) is 14.3 Å². The van der Waals surface area contributed by atoms with Gasteiger partial charge < -0.3 is 20.3 Å². The zero-order chi connectivity index (χ0) is 45.2. The third-order valence-electron chi connectivity index (χ3n) is 11.3. The van der Waals surface area contributed by atoms with Gasteiger partial charge in [-0.1, -0.05) is 234 Å². The Hall–Kier alpha value is -2.96. The van der Waals surface area contributed by atoms with Crippen molar-refractivity contribution in [3.63, 3.8) is 0 Å². The molecule has 0 rings (SSSR count). The predicted molar refractivity (Wildman–Crippen MR) is 268 cm³/mol. The number of hydrogen-bond donors (Lipinski definition) is 3. The Labute approximate surface area is 383 Å². The molecule has 62 heavy (non-hydrogen) atoms. The minimum absolute atomic E-state index is 0.0234. The van der Waals surface area contributed by atoms with Crippen LogP contribution in [0.2, 0.25) is 0 Å². The highest BCUT2D eigenvalue weighted by atomic mass is 16.5. The number of carbonyl (C=O) groups is 2. The number of nitrogens with one attached hydrogen (secondary N) is 1. The molecule has 0 fully saturated rings. The Morgan fingerprint density at radius 3 is 1.50 bits per heavy atom. The van der Waals surface area contributed by atoms with Gasteiger partial charge in [0.05, 0.1) is 25.2 Å². The van der Waals surface area contributed by atoms with Crippen molar-refractivity contribution in [2.75, 3.05) is 6.61 Å². The summed E-state index contributed by atoms with van der Waals surface area (Å²) in [5, 5.41) is 23.7. The van der Waals surface area contributed by atoms with E-state index in [1.807, 2.05) is 48.6 Å². The van der Waals surface area contributed by atoms with Crippen molar-refractivity contribution >= 4 is 11.9 Å². The highest BCUT2D eigenvalue weighted by Crippen LogP contribution is 2.17. The Bertz CT molecular complexity index is 1200. The lowest BCUT2D eigenvalue weighted by atomic mass is 10.0. The minimum Gasteiger partial charge on any atom is -0.462 e. The molecule has 0 radical (unpaired) electrons. The van der Waals surface area contributed by atoms with E-state index in [0.717, 1.165) is 64.2 Å². The van der Waals surface area contributed by atoms with Gasteiger partial charge in [0.2, 0.25) is 5.91 Å². The summed E-state index contributed by atoms with van der Waals surface area (Å²) in [4.78, 5) is 26.1. The summed E-state index contributed by atoms with van der Waals surface area (Å²) in [5.41, 5.74) is 0. The van der Waals surface area contributed by atoms with E-state index in [1.165, 1.54) is 122 Å². The van der Waals surface area contributed by atoms with Gasteiger partial charge in [-0.3, -0.25) is 9.59 Å². The maximum atomic E-state index is 13.2. The zero-order valence-corrected chi connectivity index (χ0v) is 40.5. The van der Waals surface area contributed by atoms with Gasteiger partial charge >= 0.3 is 5.97 Å². The molecule has 0 spiro atoms. The smallest absolute Gasteiger partial charge is 0.306 e. The molecule has 1 amide bonds. The standard InChI is InChI=1S/C56H97NO5/c1-4-7-10-13-16-19-22-24-25-26-27-28-29-31-34-37-40-43-46-49-56(61)62-52(47-44-41-38-35-33-30-23-20-17-14-11-8-5-2)50-55(60)57-53(51-58)54(59)48-45-42-39-36-32-21-18-15-12-9-6-3/h8,11,14,16-17,19-20,23-25,30,33,35,38,52-54,58-59H,4-7,9-10,12-13,15,18,21-22,26-29,31-32,34,36-37,39-51H2,1-3H3,(H,57,60)/b11-8+,17-14+,19-16-,23-20-,25-24-,33-30-,38-35+. The van der Waals surface area contributed by atoms with Crippen LogP contribution >= 0.6 is 0 Å². The van der Waals surface area contributed by atoms with E-state index < -0.39 is 18.2 Å². The Balaban J connectivity index is 4.64. The van der Waals surface area contributed by atoms with Crippen molar-refractivity contribution in [1.82, 2.24) is 5.32 Å². The first-order valence-electron chi connectivity index (χ1n) is 25.9. The monoisotopic (exact) mass is 864 g/mol. The van der Waals surface area contributed by atoms with E-state index in [-0.39, 0.29) is 24.9 Å². The summed E-state index contributed by atoms with van der Waals surface area (Å²) >= 11 is 0. The first kappa shape index (κ1) is 59.0. The molecule has 3 atom stereocenters. The molecule has 0 aromatic rings. The number of esters is 1. The van der Waals surface area contributed by atoms with Crippen molar-refractivity contribution in [3.05, 3.63) is 85.1 Å². The van der Waals surface area contributed by atoms with Crippen LogP contribution in [0.5, 0.6) is 0 Å². The zero-order valence-electron chi connectivity index (χ0n) is 40.5. The lowest BCUT2D eigenvalue weighted by molar-refractivity contribution is -0.151. The van der Waals surface area contributed by atoms with Crippen LogP contribution in [0.1, 0.15) is 233 Å². The summed E-state index contributed by atoms with van der Waals surface area (Å²) in [7, 11) is 0. The fourth-order valence-electron chi connectivity index (χ4n) is 7.43. The average Bonchev–Trinajstić information content (AvgIpc) is 3.26. The van der Waals surface area contributed by atoms with Crippen LogP contribution in [0.3, 0.4) is 0 Å². The number of aliphatic hydroxyl groups is 2. The lowest BCUT2D eigenvalue weighted by Crippen LogP contribution is -2.46. The summed E-state index contributed by atoms with van der Waals surface area (Å²) in [6.45, 7) is 6.28. The van der Waals surface area contributed by atoms with Gasteiger partial charge in [-0.05, 0) is 70.6 Å². The molecule has 0 saturated heterocycles. The number of amides is 1. The fourth-order valence-corrected chi connectivity index (χ4v) is 7.43. The summed E-state index contributed by atoms with van der Waals surface area (Å²) < 4.78 is 5.89. The first-order valence-corrected chi connectivity index (χ1v) is 25.9. The van der Waals surface area contributed by atoms with Crippen molar-refractivity contribution in [2.45, 2.75) is 251 Å². The van der Waals surface area contributed by atoms with E-state index in [1.54, 1.807) is 0 Å². The fraction of sp³-hybridized carbons (Fsp3) is 0.714. The van der Waals surface area contributed by atoms with Crippen molar-refractivity contribution < 1.29 is 24.5 Å². The number of hydrogen-bond acceptors (Lipinski definition) is 5.